The van der Waals surface area contributed by atoms with Crippen molar-refractivity contribution in [2.24, 2.45) is 0 Å². The second kappa shape index (κ2) is 7.77. The molecule has 0 aliphatic carbocycles. The molecule has 24 heavy (non-hydrogen) atoms. The minimum atomic E-state index is 0.169. The molecule has 1 amide bonds. The van der Waals surface area contributed by atoms with E-state index in [2.05, 4.69) is 15.3 Å². The molecule has 0 saturated carbocycles. The van der Waals surface area contributed by atoms with Crippen LogP contribution in [0.5, 0.6) is 5.75 Å². The number of aromatic nitrogens is 1. The fraction of sp³-hybridized carbons (Fsp3) is 0.444. The number of amides is 1. The van der Waals surface area contributed by atoms with Gasteiger partial charge in [0.15, 0.2) is 0 Å². The molecule has 0 atom stereocenters. The average Bonchev–Trinajstić information content (AvgIpc) is 2.99. The maximum Gasteiger partial charge on any atom is 0.222 e. The third-order valence-electron chi connectivity index (χ3n) is 4.38. The van der Waals surface area contributed by atoms with Crippen LogP contribution in [0.3, 0.4) is 0 Å². The van der Waals surface area contributed by atoms with Crippen molar-refractivity contribution in [3.63, 3.8) is 0 Å². The highest BCUT2D eigenvalue weighted by Crippen LogP contribution is 2.18. The summed E-state index contributed by atoms with van der Waals surface area (Å²) in [6.07, 6.45) is 1.03. The van der Waals surface area contributed by atoms with E-state index in [1.807, 2.05) is 24.0 Å². The summed E-state index contributed by atoms with van der Waals surface area (Å²) in [5, 5.41) is 13.0. The predicted octanol–water partition coefficient (Wildman–Crippen LogP) is 2.43. The molecule has 0 spiro atoms. The predicted molar refractivity (Wildman–Crippen MR) is 95.1 cm³/mol. The Morgan fingerprint density at radius 1 is 1.25 bits per heavy atom. The van der Waals surface area contributed by atoms with Crippen molar-refractivity contribution in [3.05, 3.63) is 45.9 Å². The number of nitrogens with zero attached hydrogens (tertiary/aromatic N) is 3. The van der Waals surface area contributed by atoms with Crippen molar-refractivity contribution < 1.29 is 9.90 Å². The molecule has 128 valence electrons. The van der Waals surface area contributed by atoms with Crippen molar-refractivity contribution in [3.8, 4) is 5.75 Å². The topological polar surface area (TPSA) is 56.7 Å². The maximum absolute atomic E-state index is 12.4. The molecule has 1 aliphatic rings. The Kier molecular flexibility index (Phi) is 5.48. The molecule has 5 nitrogen and oxygen atoms in total. The Morgan fingerprint density at radius 2 is 2.00 bits per heavy atom. The lowest BCUT2D eigenvalue weighted by Crippen LogP contribution is -2.48. The number of carbonyl (C=O) groups is 1. The molecule has 0 radical (unpaired) electrons. The third-order valence-corrected chi connectivity index (χ3v) is 5.20. The van der Waals surface area contributed by atoms with E-state index in [1.165, 1.54) is 0 Å². The molecule has 0 bridgehead atoms. The molecule has 1 saturated heterocycles. The Morgan fingerprint density at radius 3 is 2.67 bits per heavy atom. The van der Waals surface area contributed by atoms with Crippen LogP contribution in [0.15, 0.2) is 29.6 Å². The molecule has 1 N–H and O–H groups in total. The number of aryl methyl sites for hydroxylation is 2. The van der Waals surface area contributed by atoms with Crippen LogP contribution in [0.1, 0.15) is 22.7 Å². The Hall–Kier alpha value is -1.92. The Balaban J connectivity index is 1.44. The normalized spacial score (nSPS) is 15.6. The first-order valence-corrected chi connectivity index (χ1v) is 9.18. The van der Waals surface area contributed by atoms with Gasteiger partial charge in [0.05, 0.1) is 10.7 Å². The van der Waals surface area contributed by atoms with Gasteiger partial charge < -0.3 is 10.0 Å². The lowest BCUT2D eigenvalue weighted by atomic mass is 10.1. The Bertz CT molecular complexity index is 693. The smallest absolute Gasteiger partial charge is 0.222 e. The average molecular weight is 345 g/mol. The number of benzene rings is 1. The van der Waals surface area contributed by atoms with Crippen LogP contribution in [-0.2, 0) is 17.8 Å². The number of phenolic OH excluding ortho intramolecular Hbond substituents is 1. The van der Waals surface area contributed by atoms with Gasteiger partial charge in [-0.2, -0.15) is 0 Å². The van der Waals surface area contributed by atoms with Crippen LogP contribution in [0.4, 0.5) is 0 Å². The molecule has 1 aliphatic heterocycles. The van der Waals surface area contributed by atoms with E-state index in [1.54, 1.807) is 23.5 Å². The van der Waals surface area contributed by atoms with Crippen LogP contribution in [0.25, 0.3) is 0 Å². The summed E-state index contributed by atoms with van der Waals surface area (Å²) >= 11 is 1.68. The fourth-order valence-corrected chi connectivity index (χ4v) is 3.59. The van der Waals surface area contributed by atoms with Gasteiger partial charge in [-0.25, -0.2) is 4.98 Å². The van der Waals surface area contributed by atoms with Gasteiger partial charge in [0.1, 0.15) is 5.75 Å². The molecular formula is C18H23N3O2S. The van der Waals surface area contributed by atoms with Crippen molar-refractivity contribution in [1.82, 2.24) is 14.8 Å². The number of thiazole rings is 1. The summed E-state index contributed by atoms with van der Waals surface area (Å²) in [5.41, 5.74) is 1.96. The van der Waals surface area contributed by atoms with E-state index in [4.69, 9.17) is 0 Å². The highest BCUT2D eigenvalue weighted by atomic mass is 32.1. The van der Waals surface area contributed by atoms with E-state index >= 15 is 0 Å². The molecule has 3 rings (SSSR count). The van der Waals surface area contributed by atoms with Crippen molar-refractivity contribution >= 4 is 17.2 Å². The van der Waals surface area contributed by atoms with Crippen molar-refractivity contribution in [2.75, 3.05) is 26.2 Å². The van der Waals surface area contributed by atoms with Gasteiger partial charge in [0.2, 0.25) is 5.91 Å². The molecule has 2 aromatic rings. The zero-order valence-electron chi connectivity index (χ0n) is 13.9. The first-order chi connectivity index (χ1) is 11.6. The number of piperazine rings is 1. The first kappa shape index (κ1) is 16.9. The van der Waals surface area contributed by atoms with Gasteiger partial charge in [-0.05, 0) is 25.0 Å². The largest absolute Gasteiger partial charge is 0.508 e. The summed E-state index contributed by atoms with van der Waals surface area (Å²) in [6.45, 7) is 6.20. The van der Waals surface area contributed by atoms with Crippen molar-refractivity contribution in [1.29, 1.82) is 0 Å². The third kappa shape index (κ3) is 4.33. The van der Waals surface area contributed by atoms with Gasteiger partial charge in [0.25, 0.3) is 0 Å². The summed E-state index contributed by atoms with van der Waals surface area (Å²) in [4.78, 5) is 21.2. The zero-order chi connectivity index (χ0) is 16.9. The monoisotopic (exact) mass is 345 g/mol. The second-order valence-electron chi connectivity index (χ2n) is 6.14. The number of hydrogen-bond acceptors (Lipinski definition) is 5. The quantitative estimate of drug-likeness (QED) is 0.904. The minimum absolute atomic E-state index is 0.169. The number of rotatable bonds is 5. The summed E-state index contributed by atoms with van der Waals surface area (Å²) in [7, 11) is 0. The van der Waals surface area contributed by atoms with Crippen LogP contribution in [0, 0.1) is 6.92 Å². The molecular weight excluding hydrogens is 322 g/mol. The number of para-hydroxylation sites is 1. The SMILES string of the molecule is Cc1nc(CN2CCN(C(=O)CCc3ccccc3O)CC2)cs1. The van der Waals surface area contributed by atoms with E-state index in [0.29, 0.717) is 12.8 Å². The molecule has 6 heteroatoms. The van der Waals surface area contributed by atoms with Crippen LogP contribution >= 0.6 is 11.3 Å². The Labute approximate surface area is 146 Å². The number of hydrogen-bond donors (Lipinski definition) is 1. The fourth-order valence-electron chi connectivity index (χ4n) is 2.99. The van der Waals surface area contributed by atoms with Crippen molar-refractivity contribution in [2.45, 2.75) is 26.3 Å². The van der Waals surface area contributed by atoms with E-state index in [0.717, 1.165) is 49.0 Å². The van der Waals surface area contributed by atoms with Gasteiger partial charge in [-0.1, -0.05) is 18.2 Å². The number of aromatic hydroxyl groups is 1. The van der Waals surface area contributed by atoms with Gasteiger partial charge in [0, 0.05) is 44.5 Å². The van der Waals surface area contributed by atoms with Gasteiger partial charge >= 0.3 is 0 Å². The highest BCUT2D eigenvalue weighted by molar-refractivity contribution is 7.09. The second-order valence-corrected chi connectivity index (χ2v) is 7.21. The highest BCUT2D eigenvalue weighted by Gasteiger charge is 2.21. The van der Waals surface area contributed by atoms with Crippen LogP contribution < -0.4 is 0 Å². The standard InChI is InChI=1S/C18H23N3O2S/c1-14-19-16(13-24-14)12-20-8-10-21(11-9-20)18(23)7-6-15-4-2-3-5-17(15)22/h2-5,13,22H,6-12H2,1H3. The minimum Gasteiger partial charge on any atom is -0.508 e. The van der Waals surface area contributed by atoms with Gasteiger partial charge in [-0.3, -0.25) is 9.69 Å². The zero-order valence-corrected chi connectivity index (χ0v) is 14.8. The molecule has 1 aromatic heterocycles. The van der Waals surface area contributed by atoms with Gasteiger partial charge in [-0.15, -0.1) is 11.3 Å². The summed E-state index contributed by atoms with van der Waals surface area (Å²) in [5.74, 6) is 0.441. The van der Waals surface area contributed by atoms with E-state index < -0.39 is 0 Å². The van der Waals surface area contributed by atoms with E-state index in [9.17, 15) is 9.90 Å². The summed E-state index contributed by atoms with van der Waals surface area (Å²) < 4.78 is 0. The molecule has 2 heterocycles. The van der Waals surface area contributed by atoms with E-state index in [-0.39, 0.29) is 11.7 Å². The molecule has 1 aromatic carbocycles. The maximum atomic E-state index is 12.4. The first-order valence-electron chi connectivity index (χ1n) is 8.30. The summed E-state index contributed by atoms with van der Waals surface area (Å²) in [6, 6.07) is 7.22. The van der Waals surface area contributed by atoms with Crippen LogP contribution in [-0.4, -0.2) is 52.0 Å². The number of carbonyl (C=O) groups excluding carboxylic acids is 1. The lowest BCUT2D eigenvalue weighted by molar-refractivity contribution is -0.133. The molecule has 1 fully saturated rings. The lowest BCUT2D eigenvalue weighted by Gasteiger charge is -2.34. The number of phenols is 1. The molecule has 0 unspecified atom stereocenters. The van der Waals surface area contributed by atoms with Crippen LogP contribution in [0.2, 0.25) is 0 Å².